The fourth-order valence-corrected chi connectivity index (χ4v) is 0.678. The van der Waals surface area contributed by atoms with Crippen molar-refractivity contribution in [3.05, 3.63) is 0 Å². The molecule has 2 heteroatoms. The second-order valence-electron chi connectivity index (χ2n) is 2.42. The zero-order chi connectivity index (χ0) is 7.66. The van der Waals surface area contributed by atoms with E-state index in [1.54, 1.807) is 0 Å². The van der Waals surface area contributed by atoms with Crippen LogP contribution in [0.4, 0.5) is 0 Å². The molecule has 1 N–H and O–H groups in total. The van der Waals surface area contributed by atoms with Crippen LogP contribution < -0.4 is 5.73 Å². The summed E-state index contributed by atoms with van der Waals surface area (Å²) in [7, 11) is 0. The molecule has 0 rings (SSSR count). The number of rotatable bonds is 7. The van der Waals surface area contributed by atoms with Gasteiger partial charge in [0.1, 0.15) is 0 Å². The zero-order valence-corrected chi connectivity index (χ0v) is 6.86. The molecule has 10 heavy (non-hydrogen) atoms. The topological polar surface area (TPSA) is 33.0 Å². The Morgan fingerprint density at radius 3 is 2.40 bits per heavy atom. The number of unbranched alkanes of at least 4 members (excludes halogenated alkanes) is 2. The van der Waals surface area contributed by atoms with Crippen LogP contribution in [-0.2, 0) is 4.74 Å². The van der Waals surface area contributed by atoms with Crippen molar-refractivity contribution in [3.63, 3.8) is 0 Å². The fraction of sp³-hybridized carbons (Fsp3) is 1.00. The largest absolute Gasteiger partial charge is 0.381 e. The van der Waals surface area contributed by atoms with E-state index < -0.39 is 0 Å². The van der Waals surface area contributed by atoms with Crippen molar-refractivity contribution in [1.29, 1.82) is 0 Å². The van der Waals surface area contributed by atoms with E-state index in [1.165, 1.54) is 12.8 Å². The van der Waals surface area contributed by atoms with E-state index in [1.807, 2.05) is 0 Å². The van der Waals surface area contributed by atoms with Crippen molar-refractivity contribution in [1.82, 2.24) is 5.73 Å². The highest BCUT2D eigenvalue weighted by atomic mass is 16.5. The van der Waals surface area contributed by atoms with Gasteiger partial charge in [0, 0.05) is 19.8 Å². The van der Waals surface area contributed by atoms with Crippen molar-refractivity contribution in [2.24, 2.45) is 0 Å². The Morgan fingerprint density at radius 2 is 1.80 bits per heavy atom. The summed E-state index contributed by atoms with van der Waals surface area (Å²) >= 11 is 0. The van der Waals surface area contributed by atoms with Crippen LogP contribution in [0.2, 0.25) is 0 Å². The van der Waals surface area contributed by atoms with E-state index in [4.69, 9.17) is 10.5 Å². The first kappa shape index (κ1) is 9.92. The Morgan fingerprint density at radius 1 is 1.10 bits per heavy atom. The molecule has 61 valence electrons. The Bertz CT molecular complexity index is 49.2. The third kappa shape index (κ3) is 7.92. The summed E-state index contributed by atoms with van der Waals surface area (Å²) in [6.07, 6.45) is 4.40. The highest BCUT2D eigenvalue weighted by Crippen LogP contribution is 1.91. The molecule has 0 amide bonds. The van der Waals surface area contributed by atoms with Gasteiger partial charge in [-0.05, 0) is 19.3 Å². The molecule has 1 radical (unpaired) electrons. The summed E-state index contributed by atoms with van der Waals surface area (Å²) in [5, 5.41) is 0. The summed E-state index contributed by atoms with van der Waals surface area (Å²) in [5.74, 6) is 0. The average molecular weight is 144 g/mol. The molecule has 0 saturated heterocycles. The van der Waals surface area contributed by atoms with Gasteiger partial charge in [-0.25, -0.2) is 0 Å². The Balaban J connectivity index is 2.65. The zero-order valence-electron chi connectivity index (χ0n) is 6.86. The lowest BCUT2D eigenvalue weighted by Crippen LogP contribution is -1.97. The van der Waals surface area contributed by atoms with Crippen LogP contribution in [0.3, 0.4) is 0 Å². The first-order valence-corrected chi connectivity index (χ1v) is 4.14. The molecule has 0 bridgehead atoms. The molecule has 0 aromatic carbocycles. The summed E-state index contributed by atoms with van der Waals surface area (Å²) in [5.41, 5.74) is 6.86. The first-order valence-electron chi connectivity index (χ1n) is 4.14. The molecule has 2 nitrogen and oxygen atoms in total. The van der Waals surface area contributed by atoms with Gasteiger partial charge in [-0.1, -0.05) is 13.3 Å². The Kier molecular flexibility index (Phi) is 8.85. The summed E-state index contributed by atoms with van der Waals surface area (Å²) in [6.45, 7) is 4.44. The molecular formula is C8H18NO. The van der Waals surface area contributed by atoms with E-state index in [9.17, 15) is 0 Å². The van der Waals surface area contributed by atoms with Gasteiger partial charge in [0.05, 0.1) is 0 Å². The minimum Gasteiger partial charge on any atom is -0.381 e. The van der Waals surface area contributed by atoms with Gasteiger partial charge in [-0.15, -0.1) is 0 Å². The lowest BCUT2D eigenvalue weighted by molar-refractivity contribution is 0.128. The molecular weight excluding hydrogens is 126 g/mol. The van der Waals surface area contributed by atoms with Gasteiger partial charge in [0.2, 0.25) is 0 Å². The molecule has 0 spiro atoms. The van der Waals surface area contributed by atoms with E-state index in [2.05, 4.69) is 6.92 Å². The Labute approximate surface area is 63.7 Å². The minimum absolute atomic E-state index is 0.539. The van der Waals surface area contributed by atoms with Gasteiger partial charge < -0.3 is 4.74 Å². The standard InChI is InChI=1S/C8H18NO/c1-2-3-7-10-8-5-4-6-9/h9H,2-8H2,1H3. The third-order valence-electron chi connectivity index (χ3n) is 1.36. The van der Waals surface area contributed by atoms with Crippen LogP contribution in [0.1, 0.15) is 32.6 Å². The van der Waals surface area contributed by atoms with E-state index in [0.29, 0.717) is 6.54 Å². The van der Waals surface area contributed by atoms with Crippen LogP contribution in [0.5, 0.6) is 0 Å². The summed E-state index contributed by atoms with van der Waals surface area (Å²) in [4.78, 5) is 0. The van der Waals surface area contributed by atoms with Crippen LogP contribution in [0.25, 0.3) is 0 Å². The smallest absolute Gasteiger partial charge is 0.0466 e. The molecule has 0 aliphatic rings. The molecule has 0 atom stereocenters. The quantitative estimate of drug-likeness (QED) is 0.502. The van der Waals surface area contributed by atoms with E-state index >= 15 is 0 Å². The maximum absolute atomic E-state index is 6.86. The second-order valence-corrected chi connectivity index (χ2v) is 2.42. The maximum Gasteiger partial charge on any atom is 0.0466 e. The molecule has 0 unspecified atom stereocenters. The normalized spacial score (nSPS) is 10.2. The second kappa shape index (κ2) is 8.92. The van der Waals surface area contributed by atoms with Crippen molar-refractivity contribution in [2.45, 2.75) is 32.6 Å². The maximum atomic E-state index is 6.86. The fourth-order valence-electron chi connectivity index (χ4n) is 0.678. The molecule has 0 aromatic rings. The monoisotopic (exact) mass is 144 g/mol. The lowest BCUT2D eigenvalue weighted by Gasteiger charge is -2.00. The molecule has 0 saturated carbocycles. The van der Waals surface area contributed by atoms with E-state index in [-0.39, 0.29) is 0 Å². The Hall–Kier alpha value is -0.0800. The van der Waals surface area contributed by atoms with Gasteiger partial charge in [0.15, 0.2) is 0 Å². The number of hydrogen-bond acceptors (Lipinski definition) is 1. The van der Waals surface area contributed by atoms with Crippen molar-refractivity contribution < 1.29 is 4.74 Å². The van der Waals surface area contributed by atoms with Crippen molar-refractivity contribution in [2.75, 3.05) is 19.8 Å². The van der Waals surface area contributed by atoms with E-state index in [0.717, 1.165) is 26.1 Å². The van der Waals surface area contributed by atoms with Gasteiger partial charge in [0.25, 0.3) is 0 Å². The SMILES string of the molecule is CCCCOCCCC[NH]. The highest BCUT2D eigenvalue weighted by Gasteiger charge is 1.86. The number of nitrogens with one attached hydrogen (secondary N) is 1. The third-order valence-corrected chi connectivity index (χ3v) is 1.36. The van der Waals surface area contributed by atoms with Crippen molar-refractivity contribution in [3.8, 4) is 0 Å². The number of ether oxygens (including phenoxy) is 1. The first-order chi connectivity index (χ1) is 4.91. The van der Waals surface area contributed by atoms with Crippen LogP contribution in [-0.4, -0.2) is 19.8 Å². The van der Waals surface area contributed by atoms with Crippen LogP contribution >= 0.6 is 0 Å². The van der Waals surface area contributed by atoms with Crippen LogP contribution in [0.15, 0.2) is 0 Å². The van der Waals surface area contributed by atoms with Gasteiger partial charge >= 0.3 is 0 Å². The minimum atomic E-state index is 0.539. The van der Waals surface area contributed by atoms with Gasteiger partial charge in [-0.3, -0.25) is 5.73 Å². The van der Waals surface area contributed by atoms with Gasteiger partial charge in [-0.2, -0.15) is 0 Å². The molecule has 0 heterocycles. The summed E-state index contributed by atoms with van der Waals surface area (Å²) < 4.78 is 5.29. The highest BCUT2D eigenvalue weighted by molar-refractivity contribution is 4.38. The predicted molar refractivity (Wildman–Crippen MR) is 42.9 cm³/mol. The number of hydrogen-bond donors (Lipinski definition) is 0. The molecule has 0 aliphatic heterocycles. The lowest BCUT2D eigenvalue weighted by atomic mass is 10.3. The summed E-state index contributed by atoms with van der Waals surface area (Å²) in [6, 6.07) is 0. The molecule has 0 aromatic heterocycles. The molecule has 0 aliphatic carbocycles. The predicted octanol–water partition coefficient (Wildman–Crippen LogP) is 1.87. The molecule has 0 fully saturated rings. The van der Waals surface area contributed by atoms with Crippen molar-refractivity contribution >= 4 is 0 Å². The average Bonchev–Trinajstić information content (AvgIpc) is 1.97. The van der Waals surface area contributed by atoms with Crippen LogP contribution in [0, 0.1) is 0 Å².